The van der Waals surface area contributed by atoms with Crippen molar-refractivity contribution in [2.45, 2.75) is 112 Å². The van der Waals surface area contributed by atoms with Crippen molar-refractivity contribution in [3.63, 3.8) is 0 Å². The number of unbranched alkanes of at least 4 members (excludes halogenated alkanes) is 4. The quantitative estimate of drug-likeness (QED) is 0.460. The third kappa shape index (κ3) is 14.0. The highest BCUT2D eigenvalue weighted by Crippen LogP contribution is 2.24. The zero-order valence-corrected chi connectivity index (χ0v) is 14.4. The minimum absolute atomic E-state index is 0.0273. The van der Waals surface area contributed by atoms with Crippen LogP contribution < -0.4 is 0 Å². The first kappa shape index (κ1) is 20.3. The van der Waals surface area contributed by atoms with Gasteiger partial charge in [-0.1, -0.05) is 59.8 Å². The van der Waals surface area contributed by atoms with E-state index in [1.165, 1.54) is 32.1 Å². The zero-order chi connectivity index (χ0) is 14.7. The summed E-state index contributed by atoms with van der Waals surface area (Å²) in [6, 6.07) is 0. The molecule has 0 radical (unpaired) electrons. The molecular formula is C17H38O. The van der Waals surface area contributed by atoms with Crippen LogP contribution in [-0.4, -0.2) is 11.2 Å². The first-order chi connectivity index (χ1) is 8.24. The van der Waals surface area contributed by atoms with Gasteiger partial charge in [-0.15, -0.1) is 0 Å². The Bertz CT molecular complexity index is 152. The number of hydrogen-bond acceptors (Lipinski definition) is 1. The molecule has 0 amide bonds. The normalized spacial score (nSPS) is 12.0. The van der Waals surface area contributed by atoms with Gasteiger partial charge in [0.25, 0.3) is 0 Å². The van der Waals surface area contributed by atoms with E-state index in [2.05, 4.69) is 55.4 Å². The van der Waals surface area contributed by atoms with Gasteiger partial charge in [0.05, 0.1) is 11.2 Å². The van der Waals surface area contributed by atoms with Gasteiger partial charge >= 0.3 is 0 Å². The van der Waals surface area contributed by atoms with Crippen LogP contribution in [0.4, 0.5) is 0 Å². The maximum Gasteiger partial charge on any atom is 0.0631 e. The number of ether oxygens (including phenoxy) is 1. The molecule has 18 heavy (non-hydrogen) atoms. The van der Waals surface area contributed by atoms with Gasteiger partial charge in [0.2, 0.25) is 0 Å². The van der Waals surface area contributed by atoms with Gasteiger partial charge in [-0.25, -0.2) is 0 Å². The second-order valence-electron chi connectivity index (χ2n) is 6.39. The zero-order valence-electron chi connectivity index (χ0n) is 14.4. The van der Waals surface area contributed by atoms with E-state index in [4.69, 9.17) is 4.74 Å². The molecule has 0 aliphatic rings. The Kier molecular flexibility index (Phi) is 12.2. The molecule has 0 saturated heterocycles. The van der Waals surface area contributed by atoms with Crippen LogP contribution in [0.2, 0.25) is 0 Å². The molecule has 112 valence electrons. The molecule has 0 aromatic carbocycles. The highest BCUT2D eigenvalue weighted by atomic mass is 16.5. The van der Waals surface area contributed by atoms with Crippen LogP contribution >= 0.6 is 0 Å². The minimum Gasteiger partial charge on any atom is -0.370 e. The standard InChI is InChI=1S/C10H22O.C7H16/c1-7-9(3,4)11-10(5,6)8-2;1-3-5-7-6-4-2/h7-8H2,1-6H3;3-7H2,1-2H3. The van der Waals surface area contributed by atoms with E-state index in [-0.39, 0.29) is 11.2 Å². The third-order valence-electron chi connectivity index (χ3n) is 3.46. The van der Waals surface area contributed by atoms with Crippen LogP contribution in [0.3, 0.4) is 0 Å². The molecular weight excluding hydrogens is 220 g/mol. The Morgan fingerprint density at radius 3 is 1.17 bits per heavy atom. The molecule has 0 aliphatic heterocycles. The smallest absolute Gasteiger partial charge is 0.0631 e. The molecule has 0 heterocycles. The van der Waals surface area contributed by atoms with Gasteiger partial charge in [-0.2, -0.15) is 0 Å². The van der Waals surface area contributed by atoms with E-state index < -0.39 is 0 Å². The number of hydrogen-bond donors (Lipinski definition) is 0. The Hall–Kier alpha value is -0.0400. The highest BCUT2D eigenvalue weighted by molar-refractivity contribution is 4.74. The van der Waals surface area contributed by atoms with Crippen molar-refractivity contribution in [3.05, 3.63) is 0 Å². The molecule has 0 aromatic heterocycles. The number of rotatable bonds is 8. The molecule has 0 atom stereocenters. The molecule has 0 saturated carbocycles. The Morgan fingerprint density at radius 2 is 0.944 bits per heavy atom. The average molecular weight is 258 g/mol. The summed E-state index contributed by atoms with van der Waals surface area (Å²) in [5.41, 5.74) is 0.0546. The molecule has 0 N–H and O–H groups in total. The lowest BCUT2D eigenvalue weighted by Crippen LogP contribution is -2.35. The maximum absolute atomic E-state index is 5.92. The first-order valence-corrected chi connectivity index (χ1v) is 7.94. The predicted molar refractivity (Wildman–Crippen MR) is 84.3 cm³/mol. The summed E-state index contributed by atoms with van der Waals surface area (Å²) in [7, 11) is 0. The highest BCUT2D eigenvalue weighted by Gasteiger charge is 2.25. The molecule has 0 bridgehead atoms. The summed E-state index contributed by atoms with van der Waals surface area (Å²) >= 11 is 0. The van der Waals surface area contributed by atoms with Crippen molar-refractivity contribution in [2.24, 2.45) is 0 Å². The van der Waals surface area contributed by atoms with Gasteiger partial charge < -0.3 is 4.74 Å². The lowest BCUT2D eigenvalue weighted by Gasteiger charge is -2.34. The Balaban J connectivity index is 0. The topological polar surface area (TPSA) is 9.23 Å². The fraction of sp³-hybridized carbons (Fsp3) is 1.00. The Labute approximate surface area is 117 Å². The van der Waals surface area contributed by atoms with E-state index in [0.29, 0.717) is 0 Å². The van der Waals surface area contributed by atoms with Gasteiger partial charge in [-0.05, 0) is 40.5 Å². The van der Waals surface area contributed by atoms with Crippen molar-refractivity contribution in [1.82, 2.24) is 0 Å². The second-order valence-corrected chi connectivity index (χ2v) is 6.39. The summed E-state index contributed by atoms with van der Waals surface area (Å²) < 4.78 is 5.92. The minimum atomic E-state index is 0.0273. The molecule has 0 spiro atoms. The van der Waals surface area contributed by atoms with Crippen LogP contribution in [0.25, 0.3) is 0 Å². The van der Waals surface area contributed by atoms with Crippen molar-refractivity contribution in [2.75, 3.05) is 0 Å². The van der Waals surface area contributed by atoms with Gasteiger partial charge in [0, 0.05) is 0 Å². The molecule has 0 aromatic rings. The van der Waals surface area contributed by atoms with Crippen molar-refractivity contribution < 1.29 is 4.74 Å². The summed E-state index contributed by atoms with van der Waals surface area (Å²) in [4.78, 5) is 0. The largest absolute Gasteiger partial charge is 0.370 e. The van der Waals surface area contributed by atoms with E-state index >= 15 is 0 Å². The summed E-state index contributed by atoms with van der Waals surface area (Å²) in [6.07, 6.45) is 9.14. The van der Waals surface area contributed by atoms with E-state index in [9.17, 15) is 0 Å². The van der Waals surface area contributed by atoms with Crippen LogP contribution in [-0.2, 0) is 4.74 Å². The van der Waals surface area contributed by atoms with Crippen molar-refractivity contribution in [1.29, 1.82) is 0 Å². The second kappa shape index (κ2) is 10.8. The maximum atomic E-state index is 5.92. The van der Waals surface area contributed by atoms with E-state index in [0.717, 1.165) is 12.8 Å². The van der Waals surface area contributed by atoms with Gasteiger partial charge in [-0.3, -0.25) is 0 Å². The predicted octanol–water partition coefficient (Wildman–Crippen LogP) is 6.36. The Morgan fingerprint density at radius 1 is 0.611 bits per heavy atom. The summed E-state index contributed by atoms with van der Waals surface area (Å²) in [6.45, 7) is 17.4. The van der Waals surface area contributed by atoms with Crippen LogP contribution in [0.15, 0.2) is 0 Å². The molecule has 0 unspecified atom stereocenters. The first-order valence-electron chi connectivity index (χ1n) is 7.94. The lowest BCUT2D eigenvalue weighted by molar-refractivity contribution is -0.124. The van der Waals surface area contributed by atoms with Gasteiger partial charge in [0.15, 0.2) is 0 Å². The van der Waals surface area contributed by atoms with Crippen LogP contribution in [0.5, 0.6) is 0 Å². The van der Waals surface area contributed by atoms with E-state index in [1.54, 1.807) is 0 Å². The molecule has 0 fully saturated rings. The lowest BCUT2D eigenvalue weighted by atomic mass is 10.0. The molecule has 1 nitrogen and oxygen atoms in total. The van der Waals surface area contributed by atoms with Crippen molar-refractivity contribution >= 4 is 0 Å². The van der Waals surface area contributed by atoms with Gasteiger partial charge in [0.1, 0.15) is 0 Å². The van der Waals surface area contributed by atoms with Crippen molar-refractivity contribution in [3.8, 4) is 0 Å². The molecule has 0 aliphatic carbocycles. The van der Waals surface area contributed by atoms with E-state index in [1.807, 2.05) is 0 Å². The fourth-order valence-corrected chi connectivity index (χ4v) is 1.57. The summed E-state index contributed by atoms with van der Waals surface area (Å²) in [5, 5.41) is 0. The SMILES string of the molecule is CCC(C)(C)OC(C)(C)CC.CCCCCCC. The van der Waals surface area contributed by atoms with Crippen LogP contribution in [0, 0.1) is 0 Å². The molecule has 0 rings (SSSR count). The molecule has 1 heteroatoms. The summed E-state index contributed by atoms with van der Waals surface area (Å²) in [5.74, 6) is 0. The average Bonchev–Trinajstić information content (AvgIpc) is 2.29. The monoisotopic (exact) mass is 258 g/mol. The fourth-order valence-electron chi connectivity index (χ4n) is 1.57. The third-order valence-corrected chi connectivity index (χ3v) is 3.46. The van der Waals surface area contributed by atoms with Crippen LogP contribution in [0.1, 0.15) is 100 Å².